The van der Waals surface area contributed by atoms with Gasteiger partial charge in [-0.3, -0.25) is 0 Å². The normalized spacial score (nSPS) is 19.3. The van der Waals surface area contributed by atoms with Crippen molar-refractivity contribution in [3.8, 4) is 0 Å². The number of nitrogens with one attached hydrogen (secondary N) is 2. The van der Waals surface area contributed by atoms with Crippen molar-refractivity contribution in [2.75, 3.05) is 62.2 Å². The van der Waals surface area contributed by atoms with E-state index in [-0.39, 0.29) is 0 Å². The summed E-state index contributed by atoms with van der Waals surface area (Å²) in [6, 6.07) is 8.57. The summed E-state index contributed by atoms with van der Waals surface area (Å²) < 4.78 is 0. The number of piperazine rings is 2. The van der Waals surface area contributed by atoms with Crippen LogP contribution >= 0.6 is 11.6 Å². The predicted octanol–water partition coefficient (Wildman–Crippen LogP) is 1.71. The van der Waals surface area contributed by atoms with Crippen LogP contribution in [0.4, 0.5) is 11.5 Å². The Morgan fingerprint density at radius 2 is 1.52 bits per heavy atom. The van der Waals surface area contributed by atoms with Crippen LogP contribution in [0.3, 0.4) is 0 Å². The van der Waals surface area contributed by atoms with Crippen molar-refractivity contribution in [2.24, 2.45) is 0 Å². The van der Waals surface area contributed by atoms with E-state index in [1.807, 2.05) is 0 Å². The average molecular weight is 332 g/mol. The fourth-order valence-electron chi connectivity index (χ4n) is 3.35. The molecule has 122 valence electrons. The minimum atomic E-state index is 0.747. The van der Waals surface area contributed by atoms with Gasteiger partial charge in [0, 0.05) is 63.4 Å². The van der Waals surface area contributed by atoms with E-state index in [0.717, 1.165) is 74.1 Å². The summed E-state index contributed by atoms with van der Waals surface area (Å²) in [6.07, 6.45) is 0. The molecule has 2 aromatic rings. The second-order valence-electron chi connectivity index (χ2n) is 6.14. The Kier molecular flexibility index (Phi) is 4.25. The van der Waals surface area contributed by atoms with Crippen LogP contribution in [0.2, 0.25) is 5.02 Å². The van der Waals surface area contributed by atoms with Gasteiger partial charge in [0.25, 0.3) is 0 Å². The first kappa shape index (κ1) is 15.0. The third kappa shape index (κ3) is 3.09. The first-order valence-corrected chi connectivity index (χ1v) is 8.71. The number of anilines is 2. The van der Waals surface area contributed by atoms with Gasteiger partial charge < -0.3 is 20.4 Å². The van der Waals surface area contributed by atoms with Crippen LogP contribution < -0.4 is 20.4 Å². The maximum Gasteiger partial charge on any atom is 0.148 e. The van der Waals surface area contributed by atoms with Crippen LogP contribution in [0.1, 0.15) is 0 Å². The lowest BCUT2D eigenvalue weighted by atomic mass is 10.1. The maximum atomic E-state index is 6.53. The van der Waals surface area contributed by atoms with Gasteiger partial charge in [-0.25, -0.2) is 4.98 Å². The zero-order valence-corrected chi connectivity index (χ0v) is 13.9. The quantitative estimate of drug-likeness (QED) is 0.877. The van der Waals surface area contributed by atoms with Crippen LogP contribution in [0.5, 0.6) is 0 Å². The molecular weight excluding hydrogens is 310 g/mol. The van der Waals surface area contributed by atoms with Gasteiger partial charge in [0.2, 0.25) is 0 Å². The lowest BCUT2D eigenvalue weighted by molar-refractivity contribution is 0.585. The Morgan fingerprint density at radius 3 is 2.22 bits per heavy atom. The lowest BCUT2D eigenvalue weighted by Gasteiger charge is -2.30. The van der Waals surface area contributed by atoms with E-state index in [1.54, 1.807) is 0 Å². The van der Waals surface area contributed by atoms with Gasteiger partial charge in [-0.15, -0.1) is 0 Å². The van der Waals surface area contributed by atoms with Gasteiger partial charge in [0.05, 0.1) is 10.5 Å². The van der Waals surface area contributed by atoms with Crippen molar-refractivity contribution in [1.29, 1.82) is 0 Å². The SMILES string of the molecule is Clc1cc2cc(N3CCNCC3)ccc2nc1N1CCNCC1. The van der Waals surface area contributed by atoms with E-state index >= 15 is 0 Å². The van der Waals surface area contributed by atoms with E-state index in [2.05, 4.69) is 44.7 Å². The fraction of sp³-hybridized carbons (Fsp3) is 0.471. The van der Waals surface area contributed by atoms with E-state index in [0.29, 0.717) is 0 Å². The molecule has 23 heavy (non-hydrogen) atoms. The molecule has 1 aromatic heterocycles. The highest BCUT2D eigenvalue weighted by Crippen LogP contribution is 2.30. The van der Waals surface area contributed by atoms with Gasteiger partial charge in [-0.05, 0) is 24.3 Å². The van der Waals surface area contributed by atoms with Gasteiger partial charge in [0.1, 0.15) is 5.82 Å². The molecule has 5 nitrogen and oxygen atoms in total. The molecule has 2 saturated heterocycles. The minimum absolute atomic E-state index is 0.747. The summed E-state index contributed by atoms with van der Waals surface area (Å²) in [6.45, 7) is 8.05. The summed E-state index contributed by atoms with van der Waals surface area (Å²) in [4.78, 5) is 9.50. The Labute approximate surface area is 141 Å². The second kappa shape index (κ2) is 6.51. The number of hydrogen-bond acceptors (Lipinski definition) is 5. The van der Waals surface area contributed by atoms with Crippen molar-refractivity contribution in [1.82, 2.24) is 15.6 Å². The van der Waals surface area contributed by atoms with E-state index in [1.165, 1.54) is 5.69 Å². The van der Waals surface area contributed by atoms with Gasteiger partial charge >= 0.3 is 0 Å². The third-order valence-electron chi connectivity index (χ3n) is 4.63. The number of halogens is 1. The van der Waals surface area contributed by atoms with Crippen molar-refractivity contribution in [3.05, 3.63) is 29.3 Å². The number of benzene rings is 1. The van der Waals surface area contributed by atoms with Crippen LogP contribution in [-0.4, -0.2) is 57.3 Å². The Morgan fingerprint density at radius 1 is 0.870 bits per heavy atom. The zero-order chi connectivity index (χ0) is 15.6. The molecule has 0 bridgehead atoms. The molecule has 0 aliphatic carbocycles. The first-order valence-electron chi connectivity index (χ1n) is 8.33. The molecule has 2 aliphatic rings. The predicted molar refractivity (Wildman–Crippen MR) is 96.9 cm³/mol. The van der Waals surface area contributed by atoms with Gasteiger partial charge in [0.15, 0.2) is 0 Å². The van der Waals surface area contributed by atoms with Crippen molar-refractivity contribution < 1.29 is 0 Å². The molecule has 1 aromatic carbocycles. The summed E-state index contributed by atoms with van der Waals surface area (Å²) in [5, 5.41) is 8.61. The number of rotatable bonds is 2. The van der Waals surface area contributed by atoms with Crippen LogP contribution in [-0.2, 0) is 0 Å². The largest absolute Gasteiger partial charge is 0.369 e. The molecule has 0 saturated carbocycles. The topological polar surface area (TPSA) is 43.4 Å². The van der Waals surface area contributed by atoms with Crippen molar-refractivity contribution in [2.45, 2.75) is 0 Å². The summed E-state index contributed by atoms with van der Waals surface area (Å²) in [7, 11) is 0. The van der Waals surface area contributed by atoms with Gasteiger partial charge in [-0.2, -0.15) is 0 Å². The molecule has 2 N–H and O–H groups in total. The third-order valence-corrected chi connectivity index (χ3v) is 4.91. The smallest absolute Gasteiger partial charge is 0.148 e. The highest BCUT2D eigenvalue weighted by atomic mass is 35.5. The zero-order valence-electron chi connectivity index (χ0n) is 13.2. The summed E-state index contributed by atoms with van der Waals surface area (Å²) in [5.74, 6) is 0.913. The number of aromatic nitrogens is 1. The lowest BCUT2D eigenvalue weighted by Crippen LogP contribution is -2.44. The Bertz CT molecular complexity index is 693. The second-order valence-corrected chi connectivity index (χ2v) is 6.55. The summed E-state index contributed by atoms with van der Waals surface area (Å²) >= 11 is 6.53. The standard InChI is InChI=1S/C17H22ClN5/c18-15-12-13-11-14(22-7-3-19-4-8-22)1-2-16(13)21-17(15)23-9-5-20-6-10-23/h1-2,11-12,19-20H,3-10H2. The molecular formula is C17H22ClN5. The molecule has 2 aliphatic heterocycles. The molecule has 0 radical (unpaired) electrons. The highest BCUT2D eigenvalue weighted by Gasteiger charge is 2.17. The van der Waals surface area contributed by atoms with Gasteiger partial charge in [-0.1, -0.05) is 11.6 Å². The van der Waals surface area contributed by atoms with E-state index in [4.69, 9.17) is 16.6 Å². The van der Waals surface area contributed by atoms with Crippen LogP contribution in [0.15, 0.2) is 24.3 Å². The minimum Gasteiger partial charge on any atom is -0.369 e. The molecule has 3 heterocycles. The molecule has 0 spiro atoms. The number of fused-ring (bicyclic) bond motifs is 1. The molecule has 2 fully saturated rings. The first-order chi connectivity index (χ1) is 11.3. The van der Waals surface area contributed by atoms with Crippen LogP contribution in [0.25, 0.3) is 10.9 Å². The Hall–Kier alpha value is -1.56. The fourth-order valence-corrected chi connectivity index (χ4v) is 3.63. The molecule has 0 amide bonds. The maximum absolute atomic E-state index is 6.53. The molecule has 0 unspecified atom stereocenters. The molecule has 6 heteroatoms. The summed E-state index contributed by atoms with van der Waals surface area (Å²) in [5.41, 5.74) is 2.27. The van der Waals surface area contributed by atoms with Crippen molar-refractivity contribution >= 4 is 34.0 Å². The number of hydrogen-bond donors (Lipinski definition) is 2. The molecule has 4 rings (SSSR count). The van der Waals surface area contributed by atoms with Crippen LogP contribution in [0, 0.1) is 0 Å². The average Bonchev–Trinajstić information content (AvgIpc) is 2.62. The molecule has 0 atom stereocenters. The monoisotopic (exact) mass is 331 g/mol. The van der Waals surface area contributed by atoms with Crippen molar-refractivity contribution in [3.63, 3.8) is 0 Å². The van der Waals surface area contributed by atoms with E-state index < -0.39 is 0 Å². The number of nitrogens with zero attached hydrogens (tertiary/aromatic N) is 3. The highest BCUT2D eigenvalue weighted by molar-refractivity contribution is 6.33. The Balaban J connectivity index is 1.66. The number of pyridine rings is 1. The van der Waals surface area contributed by atoms with E-state index in [9.17, 15) is 0 Å².